The molecule has 0 radical (unpaired) electrons. The first-order valence-electron chi connectivity index (χ1n) is 21.1. The number of nitrogens with one attached hydrogen (secondary N) is 1. The van der Waals surface area contributed by atoms with Gasteiger partial charge in [0, 0.05) is 44.1 Å². The van der Waals surface area contributed by atoms with E-state index in [1.165, 1.54) is 14.2 Å². The molecule has 4 unspecified atom stereocenters. The number of ketones is 1. The summed E-state index contributed by atoms with van der Waals surface area (Å²) in [5.74, 6) is 0.381. The Balaban J connectivity index is 0.000000443. The van der Waals surface area contributed by atoms with Crippen molar-refractivity contribution in [3.8, 4) is 0 Å². The number of alkyl halides is 2. The largest absolute Gasteiger partial charge is 0.468 e. The molecule has 4 aromatic carbocycles. The molecule has 5 heterocycles. The zero-order chi connectivity index (χ0) is 47.9. The van der Waals surface area contributed by atoms with Gasteiger partial charge < -0.3 is 24.7 Å². The highest BCUT2D eigenvalue weighted by Gasteiger charge is 2.55. The monoisotopic (exact) mass is 1000 g/mol. The zero-order valence-corrected chi connectivity index (χ0v) is 38.7. The van der Waals surface area contributed by atoms with E-state index in [0.717, 1.165) is 45.4 Å². The maximum atomic E-state index is 12.0. The number of allylic oxidation sites excluding steroid dienone is 1. The number of Topliss-reactive ketones (excluding diaryl/α,β-unsaturated/α-hetero) is 1. The third kappa shape index (κ3) is 14.2. The number of halogens is 2. The predicted molar refractivity (Wildman–Crippen MR) is 281 cm³/mol. The first-order chi connectivity index (χ1) is 31.7. The molecule has 3 N–H and O–H groups in total. The van der Waals surface area contributed by atoms with E-state index in [1.54, 1.807) is 21.9 Å². The van der Waals surface area contributed by atoms with Crippen LogP contribution in [-0.4, -0.2) is 98.5 Å². The fraction of sp³-hybridized carbons (Fsp3) is 0.364. The minimum Gasteiger partial charge on any atom is -0.468 e. The lowest BCUT2D eigenvalue weighted by Crippen LogP contribution is -2.45. The van der Waals surface area contributed by atoms with Gasteiger partial charge in [0.15, 0.2) is 5.78 Å². The number of fused-ring (bicyclic) bond motifs is 2. The van der Waals surface area contributed by atoms with Crippen LogP contribution in [0.3, 0.4) is 0 Å². The van der Waals surface area contributed by atoms with E-state index in [0.29, 0.717) is 44.3 Å². The standard InChI is InChI=1S/C13H13NO2.C13H15NO2.C12H11NO3.C9H11NO2.C4H6Cl2.4CH4/c1-10-7-13(11-5-3-2-4-6-11)9-16-12(15)14(13)8-10;1-10-8-13(14-9-10,12(15)16-2)11-6-4-3-5-7-11;14-10-6-12(9-4-2-1-3-5-9)8-16-11(15)13(12)7-10;1-12-9(11)8(10)7-5-3-2-4-6-7;1-4(2-5)3-6;;;;/h2-6H,1,7-9H2;3-7,14H,1,8-9H2,2H3;1-5H,6-8H2;2-6,8H,10H2,1H3;1-3H2;4*1H4. The molecule has 15 heteroatoms. The van der Waals surface area contributed by atoms with Crippen LogP contribution in [0.1, 0.15) is 77.3 Å². The zero-order valence-electron chi connectivity index (χ0n) is 37.2. The summed E-state index contributed by atoms with van der Waals surface area (Å²) >= 11 is 10.5. The number of esters is 2. The van der Waals surface area contributed by atoms with Crippen LogP contribution in [0.25, 0.3) is 0 Å². The second kappa shape index (κ2) is 28.4. The SMILES string of the molecule is C.C.C.C.C=C(CCl)CCl.C=C1CN2C(=O)OCC2(c2ccccc2)C1.C=C1CNC(C(=O)OC)(c2ccccc2)C1.COC(=O)C(N)c1ccccc1.O=C1CN2C(=O)OCC2(c2ccccc2)C1. The van der Waals surface area contributed by atoms with Gasteiger partial charge in [-0.3, -0.25) is 24.7 Å². The Bertz CT molecular complexity index is 2260. The highest BCUT2D eigenvalue weighted by atomic mass is 35.5. The summed E-state index contributed by atoms with van der Waals surface area (Å²) in [6.45, 7) is 13.6. The number of cyclic esters (lactones) is 2. The van der Waals surface area contributed by atoms with Crippen LogP contribution in [0, 0.1) is 0 Å². The molecular weight excluding hydrogens is 932 g/mol. The van der Waals surface area contributed by atoms with E-state index in [1.807, 2.05) is 109 Å². The molecule has 0 aliphatic carbocycles. The number of benzene rings is 4. The first-order valence-corrected chi connectivity index (χ1v) is 22.2. The van der Waals surface area contributed by atoms with Crippen LogP contribution in [0.15, 0.2) is 158 Å². The van der Waals surface area contributed by atoms with E-state index < -0.39 is 23.1 Å². The number of methoxy groups -OCH3 is 2. The Morgan fingerprint density at radius 2 is 1.09 bits per heavy atom. The van der Waals surface area contributed by atoms with Gasteiger partial charge in [-0.15, -0.1) is 23.2 Å². The van der Waals surface area contributed by atoms with Gasteiger partial charge in [-0.05, 0) is 27.8 Å². The number of ether oxygens (including phenoxy) is 4. The Hall–Kier alpha value is -6.25. The lowest BCUT2D eigenvalue weighted by molar-refractivity contribution is -0.148. The molecule has 2 amide bonds. The smallest absolute Gasteiger partial charge is 0.411 e. The number of hydrogen-bond acceptors (Lipinski definition) is 11. The number of nitrogens with zero attached hydrogens (tertiary/aromatic N) is 2. The van der Waals surface area contributed by atoms with Crippen LogP contribution in [0.5, 0.6) is 0 Å². The molecule has 380 valence electrons. The molecule has 13 nitrogen and oxygen atoms in total. The Morgan fingerprint density at radius 1 is 0.657 bits per heavy atom. The first kappa shape index (κ1) is 61.8. The van der Waals surface area contributed by atoms with E-state index in [9.17, 15) is 24.0 Å². The van der Waals surface area contributed by atoms with Crippen molar-refractivity contribution in [3.63, 3.8) is 0 Å². The van der Waals surface area contributed by atoms with Crippen molar-refractivity contribution in [2.24, 2.45) is 5.73 Å². The minimum absolute atomic E-state index is 0. The Kier molecular flexibility index (Phi) is 25.1. The molecule has 4 atom stereocenters. The molecule has 0 aromatic heterocycles. The number of rotatable bonds is 8. The predicted octanol–water partition coefficient (Wildman–Crippen LogP) is 10.6. The van der Waals surface area contributed by atoms with Crippen LogP contribution >= 0.6 is 23.2 Å². The molecular formula is C55H72Cl2N4O9. The quantitative estimate of drug-likeness (QED) is 0.0746. The van der Waals surface area contributed by atoms with Crippen molar-refractivity contribution in [1.29, 1.82) is 0 Å². The summed E-state index contributed by atoms with van der Waals surface area (Å²) in [6.07, 6.45) is 1.17. The average Bonchev–Trinajstić information content (AvgIpc) is 4.17. The minimum atomic E-state index is -0.743. The summed E-state index contributed by atoms with van der Waals surface area (Å²) in [5.41, 5.74) is 10.8. The highest BCUT2D eigenvalue weighted by Crippen LogP contribution is 2.45. The van der Waals surface area contributed by atoms with E-state index in [-0.39, 0.29) is 72.3 Å². The molecule has 9 rings (SSSR count). The van der Waals surface area contributed by atoms with Crippen molar-refractivity contribution in [2.45, 2.75) is 71.6 Å². The lowest BCUT2D eigenvalue weighted by Gasteiger charge is -2.28. The Labute approximate surface area is 425 Å². The van der Waals surface area contributed by atoms with Crippen molar-refractivity contribution < 1.29 is 42.9 Å². The number of nitrogens with two attached hydrogens (primary N) is 1. The van der Waals surface area contributed by atoms with Crippen molar-refractivity contribution in [2.75, 3.05) is 58.8 Å². The van der Waals surface area contributed by atoms with E-state index >= 15 is 0 Å². The number of hydrogen-bond donors (Lipinski definition) is 2. The fourth-order valence-corrected chi connectivity index (χ4v) is 8.56. The van der Waals surface area contributed by atoms with Gasteiger partial charge in [0.1, 0.15) is 35.9 Å². The van der Waals surface area contributed by atoms with Gasteiger partial charge in [0.2, 0.25) is 0 Å². The lowest BCUT2D eigenvalue weighted by atomic mass is 9.87. The van der Waals surface area contributed by atoms with Gasteiger partial charge in [-0.2, -0.15) is 0 Å². The second-order valence-electron chi connectivity index (χ2n) is 16.2. The summed E-state index contributed by atoms with van der Waals surface area (Å²) in [7, 11) is 2.74. The van der Waals surface area contributed by atoms with Gasteiger partial charge >= 0.3 is 24.1 Å². The van der Waals surface area contributed by atoms with Gasteiger partial charge in [0.05, 0.1) is 20.8 Å². The third-order valence-electron chi connectivity index (χ3n) is 11.7. The molecule has 5 aliphatic rings. The average molecular weight is 1000 g/mol. The normalized spacial score (nSPS) is 21.2. The molecule has 70 heavy (non-hydrogen) atoms. The van der Waals surface area contributed by atoms with Crippen molar-refractivity contribution in [1.82, 2.24) is 15.1 Å². The third-order valence-corrected chi connectivity index (χ3v) is 12.4. The summed E-state index contributed by atoms with van der Waals surface area (Å²) in [6, 6.07) is 37.8. The summed E-state index contributed by atoms with van der Waals surface area (Å²) in [4.78, 5) is 61.0. The number of carbonyl (C=O) groups excluding carboxylic acids is 5. The van der Waals surface area contributed by atoms with Crippen LogP contribution in [0.4, 0.5) is 9.59 Å². The van der Waals surface area contributed by atoms with Crippen LogP contribution in [0.2, 0.25) is 0 Å². The molecule has 5 saturated heterocycles. The molecule has 5 fully saturated rings. The second-order valence-corrected chi connectivity index (χ2v) is 16.7. The topological polar surface area (TPSA) is 167 Å². The highest BCUT2D eigenvalue weighted by molar-refractivity contribution is 6.23. The molecule has 5 aliphatic heterocycles. The maximum Gasteiger partial charge on any atom is 0.411 e. The summed E-state index contributed by atoms with van der Waals surface area (Å²) < 4.78 is 19.6. The Morgan fingerprint density at radius 3 is 1.49 bits per heavy atom. The van der Waals surface area contributed by atoms with Gasteiger partial charge in [0.25, 0.3) is 0 Å². The maximum absolute atomic E-state index is 12.0. The van der Waals surface area contributed by atoms with E-state index in [2.05, 4.69) is 29.8 Å². The van der Waals surface area contributed by atoms with Gasteiger partial charge in [-0.25, -0.2) is 14.4 Å². The number of amides is 2. The number of carbonyl (C=O) groups is 5. The van der Waals surface area contributed by atoms with Gasteiger partial charge in [-0.1, -0.05) is 182 Å². The van der Waals surface area contributed by atoms with Crippen molar-refractivity contribution >= 4 is 53.1 Å². The van der Waals surface area contributed by atoms with Crippen molar-refractivity contribution in [3.05, 3.63) is 180 Å². The molecule has 0 bridgehead atoms. The summed E-state index contributed by atoms with van der Waals surface area (Å²) in [5, 5.41) is 3.21. The van der Waals surface area contributed by atoms with Crippen LogP contribution in [-0.2, 0) is 49.9 Å². The fourth-order valence-electron chi connectivity index (χ4n) is 8.28. The van der Waals surface area contributed by atoms with E-state index in [4.69, 9.17) is 43.1 Å². The van der Waals surface area contributed by atoms with Crippen LogP contribution < -0.4 is 11.1 Å². The molecule has 0 spiro atoms. The molecule has 0 saturated carbocycles. The molecule has 4 aromatic rings.